The Morgan fingerprint density at radius 3 is 3.00 bits per heavy atom. The van der Waals surface area contributed by atoms with Gasteiger partial charge in [0.25, 0.3) is 0 Å². The van der Waals surface area contributed by atoms with Crippen molar-refractivity contribution >= 4 is 16.3 Å². The van der Waals surface area contributed by atoms with E-state index in [0.29, 0.717) is 13.0 Å². The van der Waals surface area contributed by atoms with Gasteiger partial charge in [0, 0.05) is 18.0 Å². The molecule has 104 valence electrons. The van der Waals surface area contributed by atoms with Crippen molar-refractivity contribution in [1.29, 1.82) is 0 Å². The third-order valence-corrected chi connectivity index (χ3v) is 3.58. The number of benzene rings is 1. The maximum absolute atomic E-state index is 13.6. The van der Waals surface area contributed by atoms with Crippen LogP contribution in [0.5, 0.6) is 11.6 Å². The molecule has 2 aromatic heterocycles. The van der Waals surface area contributed by atoms with Crippen LogP contribution in [0.3, 0.4) is 0 Å². The van der Waals surface area contributed by atoms with Gasteiger partial charge in [-0.15, -0.1) is 11.3 Å². The average molecular weight is 295 g/mol. The molecule has 0 amide bonds. The van der Waals surface area contributed by atoms with Crippen molar-refractivity contribution in [3.63, 3.8) is 0 Å². The lowest BCUT2D eigenvalue weighted by molar-refractivity contribution is 0.403. The second-order valence-electron chi connectivity index (χ2n) is 4.11. The summed E-state index contributed by atoms with van der Waals surface area (Å²) < 4.78 is 34.1. The Balaban J connectivity index is 2.03. The molecular formula is C13H11F2N3OS. The minimum Gasteiger partial charge on any atom is -0.434 e. The molecule has 7 heteroatoms. The van der Waals surface area contributed by atoms with Crippen LogP contribution in [0.4, 0.5) is 8.78 Å². The van der Waals surface area contributed by atoms with E-state index in [0.717, 1.165) is 16.7 Å². The lowest BCUT2D eigenvalue weighted by atomic mass is 10.3. The van der Waals surface area contributed by atoms with Gasteiger partial charge in [-0.2, -0.15) is 9.37 Å². The second-order valence-corrected chi connectivity index (χ2v) is 4.98. The van der Waals surface area contributed by atoms with Gasteiger partial charge >= 0.3 is 0 Å². The van der Waals surface area contributed by atoms with E-state index < -0.39 is 11.6 Å². The van der Waals surface area contributed by atoms with Gasteiger partial charge in [-0.25, -0.2) is 4.39 Å². The fourth-order valence-corrected chi connectivity index (χ4v) is 2.65. The zero-order chi connectivity index (χ0) is 14.1. The fourth-order valence-electron chi connectivity index (χ4n) is 1.93. The minimum absolute atomic E-state index is 0.186. The van der Waals surface area contributed by atoms with Gasteiger partial charge in [0.2, 0.25) is 11.7 Å². The van der Waals surface area contributed by atoms with Crippen molar-refractivity contribution in [1.82, 2.24) is 9.38 Å². The molecule has 0 saturated carbocycles. The molecule has 20 heavy (non-hydrogen) atoms. The smallest absolute Gasteiger partial charge is 0.242 e. The van der Waals surface area contributed by atoms with E-state index in [1.54, 1.807) is 0 Å². The number of fused-ring (bicyclic) bond motifs is 1. The monoisotopic (exact) mass is 295 g/mol. The van der Waals surface area contributed by atoms with Crippen LogP contribution in [-0.2, 0) is 6.42 Å². The Morgan fingerprint density at radius 1 is 1.35 bits per heavy atom. The van der Waals surface area contributed by atoms with Crippen LogP contribution >= 0.6 is 11.3 Å². The lowest BCUT2D eigenvalue weighted by Crippen LogP contribution is -2.06. The van der Waals surface area contributed by atoms with Gasteiger partial charge in [0.05, 0.1) is 5.69 Å². The Labute approximate surface area is 117 Å². The number of halogens is 2. The number of nitrogens with zero attached hydrogens (tertiary/aromatic N) is 2. The molecule has 0 spiro atoms. The SMILES string of the molecule is NCCc1c(Oc2cccc(F)c2F)nc2sccn12. The molecule has 0 atom stereocenters. The summed E-state index contributed by atoms with van der Waals surface area (Å²) in [6, 6.07) is 3.78. The van der Waals surface area contributed by atoms with Crippen LogP contribution in [0.2, 0.25) is 0 Å². The predicted molar refractivity (Wildman–Crippen MR) is 72.3 cm³/mol. The number of rotatable bonds is 4. The van der Waals surface area contributed by atoms with Crippen molar-refractivity contribution in [3.8, 4) is 11.6 Å². The van der Waals surface area contributed by atoms with Crippen molar-refractivity contribution in [2.45, 2.75) is 6.42 Å². The topological polar surface area (TPSA) is 52.5 Å². The molecule has 2 heterocycles. The van der Waals surface area contributed by atoms with E-state index in [2.05, 4.69) is 4.98 Å². The van der Waals surface area contributed by atoms with E-state index in [4.69, 9.17) is 10.5 Å². The molecule has 3 aromatic rings. The molecule has 0 fully saturated rings. The fraction of sp³-hybridized carbons (Fsp3) is 0.154. The zero-order valence-corrected chi connectivity index (χ0v) is 11.2. The highest BCUT2D eigenvalue weighted by Crippen LogP contribution is 2.30. The minimum atomic E-state index is -1.03. The number of hydrogen-bond donors (Lipinski definition) is 1. The summed E-state index contributed by atoms with van der Waals surface area (Å²) in [4.78, 5) is 4.99. The van der Waals surface area contributed by atoms with Crippen LogP contribution in [0.25, 0.3) is 4.96 Å². The van der Waals surface area contributed by atoms with Crippen LogP contribution in [0, 0.1) is 11.6 Å². The summed E-state index contributed by atoms with van der Waals surface area (Å²) in [6.07, 6.45) is 2.37. The lowest BCUT2D eigenvalue weighted by Gasteiger charge is -2.06. The summed E-state index contributed by atoms with van der Waals surface area (Å²) >= 11 is 1.43. The van der Waals surface area contributed by atoms with Gasteiger partial charge in [-0.3, -0.25) is 4.40 Å². The standard InChI is InChI=1S/C13H11F2N3OS/c14-8-2-1-3-10(11(8)15)19-12-9(4-5-16)18-6-7-20-13(18)17-12/h1-3,6-7H,4-5,16H2. The number of aromatic nitrogens is 2. The van der Waals surface area contributed by atoms with Crippen LogP contribution in [-0.4, -0.2) is 15.9 Å². The molecule has 0 aliphatic heterocycles. The maximum Gasteiger partial charge on any atom is 0.242 e. The molecule has 1 aromatic carbocycles. The van der Waals surface area contributed by atoms with Crippen molar-refractivity contribution in [2.24, 2.45) is 5.73 Å². The van der Waals surface area contributed by atoms with Gasteiger partial charge in [-0.1, -0.05) is 6.07 Å². The Kier molecular flexibility index (Phi) is 3.37. The van der Waals surface area contributed by atoms with Gasteiger partial charge < -0.3 is 10.5 Å². The zero-order valence-electron chi connectivity index (χ0n) is 10.3. The molecule has 0 unspecified atom stereocenters. The van der Waals surface area contributed by atoms with E-state index in [1.165, 1.54) is 23.5 Å². The molecule has 0 radical (unpaired) electrons. The molecule has 3 rings (SSSR count). The maximum atomic E-state index is 13.6. The normalized spacial score (nSPS) is 11.2. The first-order valence-electron chi connectivity index (χ1n) is 5.97. The molecule has 0 aliphatic rings. The van der Waals surface area contributed by atoms with Gasteiger partial charge in [0.15, 0.2) is 16.5 Å². The summed E-state index contributed by atoms with van der Waals surface area (Å²) in [7, 11) is 0. The Hall–Kier alpha value is -1.99. The second kappa shape index (κ2) is 5.18. The summed E-state index contributed by atoms with van der Waals surface area (Å²) in [5.41, 5.74) is 6.31. The molecular weight excluding hydrogens is 284 g/mol. The Morgan fingerprint density at radius 2 is 2.20 bits per heavy atom. The summed E-state index contributed by atoms with van der Waals surface area (Å²) in [5, 5.41) is 1.88. The highest BCUT2D eigenvalue weighted by Gasteiger charge is 2.17. The predicted octanol–water partition coefficient (Wildman–Crippen LogP) is 2.97. The van der Waals surface area contributed by atoms with E-state index in [-0.39, 0.29) is 11.6 Å². The van der Waals surface area contributed by atoms with E-state index in [9.17, 15) is 8.78 Å². The number of nitrogens with two attached hydrogens (primary N) is 1. The third kappa shape index (κ3) is 2.14. The number of ether oxygens (including phenoxy) is 1. The molecule has 4 nitrogen and oxygen atoms in total. The summed E-state index contributed by atoms with van der Waals surface area (Å²) in [6.45, 7) is 0.408. The van der Waals surface area contributed by atoms with Crippen molar-refractivity contribution in [3.05, 3.63) is 47.1 Å². The first-order valence-corrected chi connectivity index (χ1v) is 6.85. The van der Waals surface area contributed by atoms with Crippen LogP contribution in [0.1, 0.15) is 5.69 Å². The van der Waals surface area contributed by atoms with Crippen molar-refractivity contribution in [2.75, 3.05) is 6.54 Å². The van der Waals surface area contributed by atoms with Gasteiger partial charge in [-0.05, 0) is 18.7 Å². The molecule has 0 aliphatic carbocycles. The third-order valence-electron chi connectivity index (χ3n) is 2.83. The largest absolute Gasteiger partial charge is 0.434 e. The molecule has 2 N–H and O–H groups in total. The average Bonchev–Trinajstić information content (AvgIpc) is 2.99. The van der Waals surface area contributed by atoms with E-state index in [1.807, 2.05) is 16.0 Å². The van der Waals surface area contributed by atoms with Crippen molar-refractivity contribution < 1.29 is 13.5 Å². The number of thiazole rings is 1. The highest BCUT2D eigenvalue weighted by molar-refractivity contribution is 7.15. The summed E-state index contributed by atoms with van der Waals surface area (Å²) in [5.74, 6) is -1.91. The first kappa shape index (κ1) is 13.0. The van der Waals surface area contributed by atoms with Crippen LogP contribution < -0.4 is 10.5 Å². The number of imidazole rings is 1. The highest BCUT2D eigenvalue weighted by atomic mass is 32.1. The Bertz CT molecular complexity index is 753. The molecule has 0 saturated heterocycles. The number of hydrogen-bond acceptors (Lipinski definition) is 4. The quantitative estimate of drug-likeness (QED) is 0.805. The van der Waals surface area contributed by atoms with Crippen LogP contribution in [0.15, 0.2) is 29.8 Å². The molecule has 0 bridgehead atoms. The first-order chi connectivity index (χ1) is 9.70. The van der Waals surface area contributed by atoms with E-state index >= 15 is 0 Å². The van der Waals surface area contributed by atoms with Gasteiger partial charge in [0.1, 0.15) is 0 Å².